The molecule has 0 aliphatic carbocycles. The minimum atomic E-state index is -4.63. The Balaban J connectivity index is 1.81. The molecule has 26 heavy (non-hydrogen) atoms. The zero-order valence-corrected chi connectivity index (χ0v) is 15.4. The molecular formula is C17H26F3N5O. The summed E-state index contributed by atoms with van der Waals surface area (Å²) < 4.78 is 41.8. The van der Waals surface area contributed by atoms with Crippen LogP contribution in [0.5, 0.6) is 0 Å². The van der Waals surface area contributed by atoms with Gasteiger partial charge in [-0.2, -0.15) is 18.3 Å². The van der Waals surface area contributed by atoms with E-state index in [-0.39, 0.29) is 11.6 Å². The lowest BCUT2D eigenvalue weighted by atomic mass is 10.1. The molecule has 1 unspecified atom stereocenters. The van der Waals surface area contributed by atoms with Gasteiger partial charge in [-0.1, -0.05) is 0 Å². The van der Waals surface area contributed by atoms with Crippen molar-refractivity contribution in [3.05, 3.63) is 17.5 Å². The lowest BCUT2D eigenvalue weighted by Crippen LogP contribution is -2.49. The van der Waals surface area contributed by atoms with E-state index in [1.807, 2.05) is 0 Å². The minimum absolute atomic E-state index is 0.216. The smallest absolute Gasteiger partial charge is 0.337 e. The Morgan fingerprint density at radius 3 is 2.42 bits per heavy atom. The summed E-state index contributed by atoms with van der Waals surface area (Å²) in [6.07, 6.45) is -2.78. The number of halogens is 3. The first kappa shape index (κ1) is 19.2. The highest BCUT2D eigenvalue weighted by atomic mass is 19.4. The summed E-state index contributed by atoms with van der Waals surface area (Å²) in [4.78, 5) is 16.7. The number of aromatic nitrogens is 2. The van der Waals surface area contributed by atoms with Gasteiger partial charge in [-0.15, -0.1) is 0 Å². The minimum Gasteiger partial charge on any atom is -0.337 e. The molecular weight excluding hydrogens is 347 g/mol. The molecule has 6 nitrogen and oxygen atoms in total. The number of nitrogens with zero attached hydrogens (tertiary/aromatic N) is 4. The number of nitrogens with one attached hydrogen (secondary N) is 1. The number of hydrogen-bond donors (Lipinski definition) is 1. The van der Waals surface area contributed by atoms with Crippen LogP contribution in [-0.4, -0.2) is 70.8 Å². The summed E-state index contributed by atoms with van der Waals surface area (Å²) in [5.41, 5.74) is -2.17. The molecule has 1 amide bonds. The number of hydrogen-bond acceptors (Lipinski definition) is 4. The number of carbonyl (C=O) groups is 1. The Bertz CT molecular complexity index is 658. The molecule has 1 N–H and O–H groups in total. The molecule has 9 heteroatoms. The summed E-state index contributed by atoms with van der Waals surface area (Å²) in [5.74, 6) is -0.578. The molecule has 2 fully saturated rings. The highest BCUT2D eigenvalue weighted by Crippen LogP contribution is 2.35. The van der Waals surface area contributed by atoms with Crippen LogP contribution in [0.4, 0.5) is 13.2 Å². The summed E-state index contributed by atoms with van der Waals surface area (Å²) in [6, 6.07) is 0.216. The largest absolute Gasteiger partial charge is 0.433 e. The third kappa shape index (κ3) is 3.73. The second-order valence-corrected chi connectivity index (χ2v) is 7.97. The summed E-state index contributed by atoms with van der Waals surface area (Å²) >= 11 is 0. The van der Waals surface area contributed by atoms with E-state index in [0.717, 1.165) is 43.5 Å². The molecule has 2 aliphatic heterocycles. The van der Waals surface area contributed by atoms with E-state index in [2.05, 4.69) is 15.3 Å². The van der Waals surface area contributed by atoms with Crippen molar-refractivity contribution in [3.8, 4) is 0 Å². The van der Waals surface area contributed by atoms with Crippen molar-refractivity contribution >= 4 is 5.91 Å². The second kappa shape index (κ2) is 6.84. The van der Waals surface area contributed by atoms with Gasteiger partial charge in [0.15, 0.2) is 5.69 Å². The average Bonchev–Trinajstić information content (AvgIpc) is 3.21. The molecule has 0 bridgehead atoms. The molecule has 1 aromatic heterocycles. The maximum atomic E-state index is 13.6. The fourth-order valence-corrected chi connectivity index (χ4v) is 3.73. The predicted octanol–water partition coefficient (Wildman–Crippen LogP) is 1.78. The number of likely N-dealkylation sites (tertiary alicyclic amines) is 1. The third-order valence-electron chi connectivity index (χ3n) is 5.02. The highest BCUT2D eigenvalue weighted by Gasteiger charge is 2.44. The van der Waals surface area contributed by atoms with Crippen LogP contribution in [0.25, 0.3) is 0 Å². The van der Waals surface area contributed by atoms with Gasteiger partial charge in [0.1, 0.15) is 0 Å². The van der Waals surface area contributed by atoms with E-state index >= 15 is 0 Å². The molecule has 0 saturated carbocycles. The number of rotatable bonds is 2. The molecule has 3 heterocycles. The molecule has 1 aromatic rings. The summed E-state index contributed by atoms with van der Waals surface area (Å²) in [6.45, 7) is 9.48. The number of carbonyl (C=O) groups excluding carboxylic acids is 1. The average molecular weight is 373 g/mol. The molecule has 0 radical (unpaired) electrons. The van der Waals surface area contributed by atoms with Gasteiger partial charge in [0.05, 0.1) is 17.3 Å². The third-order valence-corrected chi connectivity index (χ3v) is 5.02. The van der Waals surface area contributed by atoms with Crippen LogP contribution in [-0.2, 0) is 11.7 Å². The van der Waals surface area contributed by atoms with E-state index in [4.69, 9.17) is 0 Å². The fourth-order valence-electron chi connectivity index (χ4n) is 3.73. The van der Waals surface area contributed by atoms with E-state index in [1.165, 1.54) is 4.90 Å². The van der Waals surface area contributed by atoms with Crippen molar-refractivity contribution in [2.45, 2.75) is 44.9 Å². The molecule has 0 aromatic carbocycles. The zero-order valence-electron chi connectivity index (χ0n) is 15.4. The normalized spacial score (nSPS) is 22.8. The lowest BCUT2D eigenvalue weighted by Gasteiger charge is -2.32. The van der Waals surface area contributed by atoms with Gasteiger partial charge in [0, 0.05) is 45.3 Å². The molecule has 2 aliphatic rings. The van der Waals surface area contributed by atoms with Crippen molar-refractivity contribution < 1.29 is 18.0 Å². The van der Waals surface area contributed by atoms with Crippen LogP contribution in [0.1, 0.15) is 43.2 Å². The Morgan fingerprint density at radius 1 is 1.19 bits per heavy atom. The molecule has 146 valence electrons. The Kier molecular flexibility index (Phi) is 5.04. The zero-order chi connectivity index (χ0) is 19.1. The van der Waals surface area contributed by atoms with Gasteiger partial charge in [-0.3, -0.25) is 14.4 Å². The Morgan fingerprint density at radius 2 is 1.85 bits per heavy atom. The van der Waals surface area contributed by atoms with Gasteiger partial charge < -0.3 is 10.2 Å². The molecule has 3 rings (SSSR count). The number of piperazine rings is 1. The topological polar surface area (TPSA) is 53.4 Å². The summed E-state index contributed by atoms with van der Waals surface area (Å²) in [5, 5.41) is 7.17. The quantitative estimate of drug-likeness (QED) is 0.859. The monoisotopic (exact) mass is 373 g/mol. The molecule has 2 saturated heterocycles. The van der Waals surface area contributed by atoms with Crippen LogP contribution in [0.15, 0.2) is 6.20 Å². The van der Waals surface area contributed by atoms with Gasteiger partial charge in [0.2, 0.25) is 0 Å². The SMILES string of the molecule is CC(C)(C)n1ncc(C(=O)N2CCC(N3CCNCC3)C2)c1C(F)(F)F. The van der Waals surface area contributed by atoms with E-state index < -0.39 is 23.3 Å². The maximum absolute atomic E-state index is 13.6. The van der Waals surface area contributed by atoms with Gasteiger partial charge >= 0.3 is 6.18 Å². The lowest BCUT2D eigenvalue weighted by molar-refractivity contribution is -0.146. The standard InChI is InChI=1S/C17H26F3N5O/c1-16(2,3)25-14(17(18,19)20)13(10-22-25)15(26)24-7-4-12(11-24)23-8-5-21-6-9-23/h10,12,21H,4-9,11H2,1-3H3. The van der Waals surface area contributed by atoms with Crippen LogP contribution in [0, 0.1) is 0 Å². The van der Waals surface area contributed by atoms with Crippen molar-refractivity contribution in [1.29, 1.82) is 0 Å². The predicted molar refractivity (Wildman–Crippen MR) is 91.0 cm³/mol. The van der Waals surface area contributed by atoms with E-state index in [1.54, 1.807) is 20.8 Å². The van der Waals surface area contributed by atoms with Crippen molar-refractivity contribution in [3.63, 3.8) is 0 Å². The second-order valence-electron chi connectivity index (χ2n) is 7.97. The Labute approximate surface area is 151 Å². The first-order valence-corrected chi connectivity index (χ1v) is 8.99. The van der Waals surface area contributed by atoms with Crippen LogP contribution in [0.3, 0.4) is 0 Å². The van der Waals surface area contributed by atoms with Gasteiger partial charge in [-0.05, 0) is 27.2 Å². The number of alkyl halides is 3. The van der Waals surface area contributed by atoms with E-state index in [0.29, 0.717) is 13.1 Å². The van der Waals surface area contributed by atoms with Crippen LogP contribution in [0.2, 0.25) is 0 Å². The van der Waals surface area contributed by atoms with Gasteiger partial charge in [-0.25, -0.2) is 0 Å². The first-order valence-electron chi connectivity index (χ1n) is 8.99. The molecule has 0 spiro atoms. The fraction of sp³-hybridized carbons (Fsp3) is 0.765. The number of amides is 1. The first-order chi connectivity index (χ1) is 12.1. The van der Waals surface area contributed by atoms with Crippen molar-refractivity contribution in [1.82, 2.24) is 24.9 Å². The summed E-state index contributed by atoms with van der Waals surface area (Å²) in [7, 11) is 0. The van der Waals surface area contributed by atoms with Crippen LogP contribution >= 0.6 is 0 Å². The van der Waals surface area contributed by atoms with E-state index in [9.17, 15) is 18.0 Å². The maximum Gasteiger partial charge on any atom is 0.433 e. The molecule has 1 atom stereocenters. The van der Waals surface area contributed by atoms with Crippen LogP contribution < -0.4 is 5.32 Å². The highest BCUT2D eigenvalue weighted by molar-refractivity contribution is 5.95. The van der Waals surface area contributed by atoms with Crippen molar-refractivity contribution in [2.75, 3.05) is 39.3 Å². The Hall–Kier alpha value is -1.61. The van der Waals surface area contributed by atoms with Crippen molar-refractivity contribution in [2.24, 2.45) is 0 Å². The van der Waals surface area contributed by atoms with Gasteiger partial charge in [0.25, 0.3) is 5.91 Å².